The number of benzene rings is 1. The summed E-state index contributed by atoms with van der Waals surface area (Å²) in [6.07, 6.45) is 0. The van der Waals surface area contributed by atoms with Crippen molar-refractivity contribution in [1.29, 1.82) is 5.26 Å². The van der Waals surface area contributed by atoms with Gasteiger partial charge in [0.1, 0.15) is 12.1 Å². The number of rotatable bonds is 3. The van der Waals surface area contributed by atoms with E-state index in [1.54, 1.807) is 6.07 Å². The van der Waals surface area contributed by atoms with E-state index in [1.807, 2.05) is 0 Å². The molecule has 1 aromatic carbocycles. The molecule has 0 heterocycles. The zero-order valence-electron chi connectivity index (χ0n) is 8.88. The molecule has 88 valence electrons. The Bertz CT molecular complexity index is 510. The van der Waals surface area contributed by atoms with Gasteiger partial charge in [0.15, 0.2) is 0 Å². The Labute approximate surface area is 102 Å². The van der Waals surface area contributed by atoms with E-state index in [9.17, 15) is 14.9 Å². The molecule has 0 aliphatic heterocycles. The molecule has 1 rings (SSSR count). The molecule has 0 bridgehead atoms. The van der Waals surface area contributed by atoms with Crippen molar-refractivity contribution in [2.45, 2.75) is 0 Å². The van der Waals surface area contributed by atoms with Crippen LogP contribution in [0.3, 0.4) is 0 Å². The molecule has 7 heteroatoms. The van der Waals surface area contributed by atoms with Crippen molar-refractivity contribution in [3.8, 4) is 6.07 Å². The van der Waals surface area contributed by atoms with Crippen LogP contribution in [0.5, 0.6) is 0 Å². The van der Waals surface area contributed by atoms with Crippen LogP contribution in [0.1, 0.15) is 10.4 Å². The van der Waals surface area contributed by atoms with Gasteiger partial charge < -0.3 is 4.90 Å². The van der Waals surface area contributed by atoms with Crippen molar-refractivity contribution < 1.29 is 9.72 Å². The zero-order valence-corrected chi connectivity index (χ0v) is 9.64. The first-order chi connectivity index (χ1) is 7.97. The zero-order chi connectivity index (χ0) is 13.0. The van der Waals surface area contributed by atoms with Crippen LogP contribution in [0, 0.1) is 21.4 Å². The molecule has 6 nitrogen and oxygen atoms in total. The van der Waals surface area contributed by atoms with Crippen LogP contribution in [0.4, 0.5) is 5.69 Å². The molecule has 0 aromatic heterocycles. The molecule has 0 radical (unpaired) electrons. The summed E-state index contributed by atoms with van der Waals surface area (Å²) in [5.41, 5.74) is -0.454. The van der Waals surface area contributed by atoms with Crippen LogP contribution in [0.2, 0.25) is 5.02 Å². The minimum atomic E-state index is -0.663. The van der Waals surface area contributed by atoms with Gasteiger partial charge in [-0.15, -0.1) is 0 Å². The van der Waals surface area contributed by atoms with Crippen molar-refractivity contribution in [1.82, 2.24) is 4.90 Å². The molecule has 0 atom stereocenters. The number of amides is 1. The van der Waals surface area contributed by atoms with Crippen LogP contribution in [-0.4, -0.2) is 29.3 Å². The summed E-state index contributed by atoms with van der Waals surface area (Å²) < 4.78 is 0. The highest BCUT2D eigenvalue weighted by Crippen LogP contribution is 2.23. The Hall–Kier alpha value is -2.13. The minimum Gasteiger partial charge on any atom is -0.328 e. The monoisotopic (exact) mass is 253 g/mol. The largest absolute Gasteiger partial charge is 0.328 e. The maximum absolute atomic E-state index is 11.8. The topological polar surface area (TPSA) is 87.2 Å². The van der Waals surface area contributed by atoms with Crippen LogP contribution < -0.4 is 0 Å². The lowest BCUT2D eigenvalue weighted by Crippen LogP contribution is -2.27. The summed E-state index contributed by atoms with van der Waals surface area (Å²) in [6, 6.07) is 5.50. The fourth-order valence-electron chi connectivity index (χ4n) is 1.22. The molecule has 0 saturated heterocycles. The van der Waals surface area contributed by atoms with E-state index in [-0.39, 0.29) is 22.8 Å². The SMILES string of the molecule is CN(CC#N)C(=O)c1cc(Cl)ccc1[N+](=O)[O-]. The van der Waals surface area contributed by atoms with Gasteiger partial charge in [0.25, 0.3) is 11.6 Å². The average molecular weight is 254 g/mol. The van der Waals surface area contributed by atoms with Crippen molar-refractivity contribution in [3.05, 3.63) is 38.9 Å². The van der Waals surface area contributed by atoms with Gasteiger partial charge >= 0.3 is 0 Å². The third-order valence-electron chi connectivity index (χ3n) is 2.04. The van der Waals surface area contributed by atoms with Gasteiger partial charge in [0.2, 0.25) is 0 Å². The van der Waals surface area contributed by atoms with Crippen molar-refractivity contribution in [2.24, 2.45) is 0 Å². The molecule has 0 unspecified atom stereocenters. The predicted octanol–water partition coefficient (Wildman–Crippen LogP) is 1.84. The first kappa shape index (κ1) is 12.9. The van der Waals surface area contributed by atoms with E-state index < -0.39 is 10.8 Å². The smallest absolute Gasteiger partial charge is 0.282 e. The van der Waals surface area contributed by atoms with Gasteiger partial charge in [-0.25, -0.2) is 0 Å². The first-order valence-electron chi connectivity index (χ1n) is 4.53. The molecule has 0 spiro atoms. The van der Waals surface area contributed by atoms with E-state index in [0.29, 0.717) is 0 Å². The van der Waals surface area contributed by atoms with Gasteiger partial charge in [-0.2, -0.15) is 5.26 Å². The fourth-order valence-corrected chi connectivity index (χ4v) is 1.39. The number of nitro benzene ring substituents is 1. The average Bonchev–Trinajstić information content (AvgIpc) is 2.27. The second kappa shape index (κ2) is 5.27. The summed E-state index contributed by atoms with van der Waals surface area (Å²) in [5, 5.41) is 19.4. The number of hydrogen-bond donors (Lipinski definition) is 0. The van der Waals surface area contributed by atoms with Crippen molar-refractivity contribution >= 4 is 23.2 Å². The van der Waals surface area contributed by atoms with Gasteiger partial charge in [-0.05, 0) is 12.1 Å². The van der Waals surface area contributed by atoms with Gasteiger partial charge in [-0.3, -0.25) is 14.9 Å². The summed E-state index contributed by atoms with van der Waals surface area (Å²) in [5.74, 6) is -0.610. The Morgan fingerprint density at radius 1 is 1.65 bits per heavy atom. The second-order valence-corrected chi connectivity index (χ2v) is 3.67. The molecule has 0 aliphatic carbocycles. The highest BCUT2D eigenvalue weighted by Gasteiger charge is 2.22. The second-order valence-electron chi connectivity index (χ2n) is 3.24. The molecule has 17 heavy (non-hydrogen) atoms. The van der Waals surface area contributed by atoms with E-state index in [1.165, 1.54) is 19.2 Å². The third-order valence-corrected chi connectivity index (χ3v) is 2.28. The Kier molecular flexibility index (Phi) is 4.01. The molecular formula is C10H8ClN3O3. The van der Waals surface area contributed by atoms with E-state index in [4.69, 9.17) is 16.9 Å². The number of nitrogens with zero attached hydrogens (tertiary/aromatic N) is 3. The maximum Gasteiger partial charge on any atom is 0.282 e. The quantitative estimate of drug-likeness (QED) is 0.467. The number of halogens is 1. The number of carbonyl (C=O) groups excluding carboxylic acids is 1. The van der Waals surface area contributed by atoms with Crippen LogP contribution in [0.25, 0.3) is 0 Å². The van der Waals surface area contributed by atoms with E-state index in [0.717, 1.165) is 11.0 Å². The summed E-state index contributed by atoms with van der Waals surface area (Å²) in [6.45, 7) is -0.150. The predicted molar refractivity (Wildman–Crippen MR) is 60.7 cm³/mol. The molecule has 0 fully saturated rings. The highest BCUT2D eigenvalue weighted by molar-refractivity contribution is 6.31. The summed E-state index contributed by atoms with van der Waals surface area (Å²) >= 11 is 5.69. The third kappa shape index (κ3) is 2.92. The number of nitriles is 1. The Balaban J connectivity index is 3.20. The molecular weight excluding hydrogens is 246 g/mol. The van der Waals surface area contributed by atoms with Crippen LogP contribution >= 0.6 is 11.6 Å². The van der Waals surface area contributed by atoms with E-state index in [2.05, 4.69) is 0 Å². The van der Waals surface area contributed by atoms with Crippen LogP contribution in [-0.2, 0) is 0 Å². The molecule has 0 saturated carbocycles. The lowest BCUT2D eigenvalue weighted by Gasteiger charge is -2.13. The lowest BCUT2D eigenvalue weighted by atomic mass is 10.1. The van der Waals surface area contributed by atoms with Gasteiger partial charge in [0.05, 0.1) is 11.0 Å². The lowest BCUT2D eigenvalue weighted by molar-refractivity contribution is -0.385. The Morgan fingerprint density at radius 3 is 2.82 bits per heavy atom. The van der Waals surface area contributed by atoms with Crippen molar-refractivity contribution in [3.63, 3.8) is 0 Å². The van der Waals surface area contributed by atoms with Crippen LogP contribution in [0.15, 0.2) is 18.2 Å². The normalized spacial score (nSPS) is 9.47. The number of carbonyl (C=O) groups is 1. The minimum absolute atomic E-state index is 0.125. The fraction of sp³-hybridized carbons (Fsp3) is 0.200. The number of nitro groups is 1. The highest BCUT2D eigenvalue weighted by atomic mass is 35.5. The molecule has 0 N–H and O–H groups in total. The molecule has 1 amide bonds. The summed E-state index contributed by atoms with van der Waals surface area (Å²) in [7, 11) is 1.39. The van der Waals surface area contributed by atoms with Gasteiger partial charge in [-0.1, -0.05) is 11.6 Å². The molecule has 1 aromatic rings. The standard InChI is InChI=1S/C10H8ClN3O3/c1-13(5-4-12)10(15)8-6-7(11)2-3-9(8)14(16)17/h2-3,6H,5H2,1H3. The molecule has 0 aliphatic rings. The van der Waals surface area contributed by atoms with Crippen molar-refractivity contribution in [2.75, 3.05) is 13.6 Å². The Morgan fingerprint density at radius 2 is 2.29 bits per heavy atom. The van der Waals surface area contributed by atoms with Gasteiger partial charge in [0, 0.05) is 18.1 Å². The number of hydrogen-bond acceptors (Lipinski definition) is 4. The first-order valence-corrected chi connectivity index (χ1v) is 4.91. The maximum atomic E-state index is 11.8. The van der Waals surface area contributed by atoms with E-state index >= 15 is 0 Å². The summed E-state index contributed by atoms with van der Waals surface area (Å²) in [4.78, 5) is 23.0.